The topological polar surface area (TPSA) is 120 Å². The van der Waals surface area contributed by atoms with Gasteiger partial charge in [-0.1, -0.05) is 165 Å². The summed E-state index contributed by atoms with van der Waals surface area (Å²) in [6.07, 6.45) is 0. The Labute approximate surface area is 442 Å². The largest absolute Gasteiger partial charge is 0.276 e. The van der Waals surface area contributed by atoms with Crippen LogP contribution in [0.25, 0.3) is 9.69 Å². The van der Waals surface area contributed by atoms with Gasteiger partial charge in [0.25, 0.3) is 15.7 Å². The average molecular weight is 1180 g/mol. The monoisotopic (exact) mass is 1180 g/mol. The van der Waals surface area contributed by atoms with E-state index in [9.17, 15) is 31.6 Å². The van der Waals surface area contributed by atoms with Crippen molar-refractivity contribution in [1.29, 1.82) is 0 Å². The van der Waals surface area contributed by atoms with Crippen LogP contribution in [0.4, 0.5) is 20.2 Å². The van der Waals surface area contributed by atoms with E-state index in [1.807, 2.05) is 60.7 Å². The molecule has 0 unspecified atom stereocenters. The second-order valence-corrected chi connectivity index (χ2v) is 17.2. The minimum atomic E-state index is -3.54. The number of primary sulfonamides is 1. The Balaban J connectivity index is 0.000000404. The third kappa shape index (κ3) is 28.1. The fourth-order valence-electron chi connectivity index (χ4n) is 4.39. The first-order valence-electron chi connectivity index (χ1n) is 19.4. The molecule has 0 atom stereocenters. The number of nitrogens with zero attached hydrogens (tertiary/aromatic N) is 2. The standard InChI is InChI=1S/C8H6BrN.C8H4ClNO.C7H8BrNO2S.C7H4ClFO.C7H6ClF.C7H5ClO.C7H7Cl/c1-10-8-4-2-7(6-9)3-5-8;1-10-7-4-2-6(3-5-7)8(9)11;8-5-6-1-3-7(4-2-6)12(9,10)11;8-7(10)5-1-3-6(9)4-2-5;8-5-6-1-3-7(9)4-2-6;8-7(9)6-4-2-1-3-5-6;8-6-7-4-2-1-3-5-7/h2-5H,6H2;2-5H;1-4H,5H2,(H2,9,10,11);1-4H;1-4H,5H2;1-5H;1-5H,6H2. The maximum atomic E-state index is 12.2. The average Bonchev–Trinajstić information content (AvgIpc) is 3.38. The number of carbonyl (C=O) groups is 3. The quantitative estimate of drug-likeness (QED) is 0.0923. The van der Waals surface area contributed by atoms with Gasteiger partial charge in [0, 0.05) is 39.1 Å². The summed E-state index contributed by atoms with van der Waals surface area (Å²) in [5.41, 5.74) is 6.81. The number of carbonyl (C=O) groups excluding carboxylic acids is 3. The van der Waals surface area contributed by atoms with E-state index in [2.05, 4.69) is 41.5 Å². The van der Waals surface area contributed by atoms with E-state index >= 15 is 0 Å². The SMILES string of the molecule is ClCc1ccccc1.Fc1ccc(CCl)cc1.NS(=O)(=O)c1ccc(CBr)cc1.O=C(Cl)c1ccc(F)cc1.O=C(Cl)c1ccccc1.[C-]#[N+]c1ccc(C(=O)Cl)cc1.[C-]#[N+]c1ccc(CBr)cc1. The van der Waals surface area contributed by atoms with Crippen LogP contribution >= 0.6 is 89.9 Å². The molecular weight excluding hydrogens is 1140 g/mol. The van der Waals surface area contributed by atoms with Crippen LogP contribution in [0, 0.1) is 24.8 Å². The Morgan fingerprint density at radius 1 is 0.464 bits per heavy atom. The van der Waals surface area contributed by atoms with Gasteiger partial charge in [0.05, 0.1) is 18.0 Å². The lowest BCUT2D eigenvalue weighted by molar-refractivity contribution is 0.107. The molecule has 0 aromatic heterocycles. The van der Waals surface area contributed by atoms with Gasteiger partial charge in [-0.15, -0.1) is 23.2 Å². The molecule has 0 aliphatic carbocycles. The highest BCUT2D eigenvalue weighted by molar-refractivity contribution is 9.08. The Kier molecular flexibility index (Phi) is 32.0. The predicted octanol–water partition coefficient (Wildman–Crippen LogP) is 16.2. The zero-order valence-electron chi connectivity index (χ0n) is 36.0. The summed E-state index contributed by atoms with van der Waals surface area (Å²) in [5.74, 6) is 0.465. The van der Waals surface area contributed by atoms with Crippen molar-refractivity contribution in [3.63, 3.8) is 0 Å². The summed E-state index contributed by atoms with van der Waals surface area (Å²) in [6, 6.07) is 50.0. The normalized spacial score (nSPS) is 9.51. The second kappa shape index (κ2) is 35.8. The minimum absolute atomic E-state index is 0.146. The van der Waals surface area contributed by atoms with Crippen LogP contribution in [0.5, 0.6) is 0 Å². The van der Waals surface area contributed by atoms with Crippen LogP contribution in [-0.4, -0.2) is 24.1 Å². The molecule has 0 amide bonds. The van der Waals surface area contributed by atoms with E-state index in [1.165, 1.54) is 71.8 Å². The number of benzene rings is 7. The summed E-state index contributed by atoms with van der Waals surface area (Å²) in [4.78, 5) is 37.9. The lowest BCUT2D eigenvalue weighted by Gasteiger charge is -1.98. The van der Waals surface area contributed by atoms with Gasteiger partial charge in [0.15, 0.2) is 11.4 Å². The van der Waals surface area contributed by atoms with E-state index in [1.54, 1.807) is 60.7 Å². The molecule has 0 radical (unpaired) electrons. The summed E-state index contributed by atoms with van der Waals surface area (Å²) in [7, 11) is -3.54. The van der Waals surface area contributed by atoms with E-state index in [0.717, 1.165) is 16.5 Å². The van der Waals surface area contributed by atoms with Gasteiger partial charge in [-0.3, -0.25) is 14.4 Å². The maximum Gasteiger partial charge on any atom is 0.252 e. The van der Waals surface area contributed by atoms with Crippen molar-refractivity contribution in [2.45, 2.75) is 27.3 Å². The van der Waals surface area contributed by atoms with Crippen LogP contribution in [0.1, 0.15) is 53.3 Å². The lowest BCUT2D eigenvalue weighted by Crippen LogP contribution is -2.11. The number of nitrogens with two attached hydrogens (primary N) is 1. The van der Waals surface area contributed by atoms with Gasteiger partial charge in [0.1, 0.15) is 11.6 Å². The van der Waals surface area contributed by atoms with E-state index in [-0.39, 0.29) is 16.5 Å². The van der Waals surface area contributed by atoms with Gasteiger partial charge in [-0.25, -0.2) is 32.0 Å². The summed E-state index contributed by atoms with van der Waals surface area (Å²) < 4.78 is 46.0. The maximum absolute atomic E-state index is 12.2. The fourth-order valence-corrected chi connectivity index (χ4v) is 6.38. The summed E-state index contributed by atoms with van der Waals surface area (Å²) in [5, 5.41) is 4.99. The van der Waals surface area contributed by atoms with Gasteiger partial charge >= 0.3 is 0 Å². The highest BCUT2D eigenvalue weighted by Gasteiger charge is 2.06. The van der Waals surface area contributed by atoms with Crippen molar-refractivity contribution < 1.29 is 31.6 Å². The molecule has 0 saturated carbocycles. The van der Waals surface area contributed by atoms with Crippen LogP contribution in [0.2, 0.25) is 0 Å². The number of halogens is 9. The third-order valence-corrected chi connectivity index (χ3v) is 11.5. The Morgan fingerprint density at radius 2 is 0.754 bits per heavy atom. The molecule has 0 fully saturated rings. The van der Waals surface area contributed by atoms with Gasteiger partial charge in [-0.2, -0.15) is 0 Å². The van der Waals surface area contributed by atoms with Crippen molar-refractivity contribution in [2.75, 3.05) is 0 Å². The van der Waals surface area contributed by atoms with Crippen LogP contribution in [0.15, 0.2) is 187 Å². The molecule has 7 rings (SSSR count). The van der Waals surface area contributed by atoms with Crippen molar-refractivity contribution in [3.8, 4) is 0 Å². The Bertz CT molecular complexity index is 2790. The number of sulfonamides is 1. The third-order valence-electron chi connectivity index (χ3n) is 7.99. The molecular formula is C51H40Br2Cl5F2N3O5S. The van der Waals surface area contributed by atoms with E-state index in [4.69, 9.17) is 76.3 Å². The lowest BCUT2D eigenvalue weighted by atomic mass is 10.2. The number of hydrogen-bond acceptors (Lipinski definition) is 5. The van der Waals surface area contributed by atoms with Crippen molar-refractivity contribution in [3.05, 3.63) is 255 Å². The van der Waals surface area contributed by atoms with Crippen LogP contribution < -0.4 is 5.14 Å². The molecule has 7 aromatic rings. The first-order valence-corrected chi connectivity index (χ1v) is 25.4. The molecule has 8 nitrogen and oxygen atoms in total. The Hall–Kier alpha value is -5.29. The van der Waals surface area contributed by atoms with Crippen LogP contribution in [-0.2, 0) is 32.4 Å². The molecule has 0 spiro atoms. The molecule has 0 bridgehead atoms. The number of alkyl halides is 4. The second-order valence-electron chi connectivity index (χ2n) is 13.0. The van der Waals surface area contributed by atoms with Crippen molar-refractivity contribution in [1.82, 2.24) is 0 Å². The Morgan fingerprint density at radius 3 is 1.06 bits per heavy atom. The van der Waals surface area contributed by atoms with Gasteiger partial charge in [0.2, 0.25) is 10.0 Å². The predicted molar refractivity (Wildman–Crippen MR) is 284 cm³/mol. The molecule has 69 heavy (non-hydrogen) atoms. The zero-order chi connectivity index (χ0) is 51.6. The molecule has 358 valence electrons. The molecule has 0 saturated heterocycles. The number of rotatable bonds is 8. The fraction of sp³-hybridized carbons (Fsp3) is 0.0784. The van der Waals surface area contributed by atoms with Gasteiger partial charge < -0.3 is 0 Å². The van der Waals surface area contributed by atoms with E-state index in [0.29, 0.717) is 45.2 Å². The number of hydrogen-bond donors (Lipinski definition) is 1. The van der Waals surface area contributed by atoms with Crippen molar-refractivity contribution in [2.24, 2.45) is 5.14 Å². The summed E-state index contributed by atoms with van der Waals surface area (Å²) >= 11 is 33.0. The van der Waals surface area contributed by atoms with Crippen LogP contribution in [0.3, 0.4) is 0 Å². The first kappa shape index (κ1) is 61.7. The summed E-state index contributed by atoms with van der Waals surface area (Å²) in [6.45, 7) is 13.3. The minimum Gasteiger partial charge on any atom is -0.276 e. The van der Waals surface area contributed by atoms with Crippen molar-refractivity contribution >= 4 is 127 Å². The molecule has 2 N–H and O–H groups in total. The first-order chi connectivity index (χ1) is 32.9. The molecule has 0 aliphatic heterocycles. The molecule has 7 aromatic carbocycles. The molecule has 18 heteroatoms. The molecule has 0 heterocycles. The highest BCUT2D eigenvalue weighted by atomic mass is 79.9. The van der Waals surface area contributed by atoms with E-state index < -0.39 is 25.8 Å². The zero-order valence-corrected chi connectivity index (χ0v) is 43.7. The molecule has 0 aliphatic rings. The van der Waals surface area contributed by atoms with Gasteiger partial charge in [-0.05, 0) is 106 Å². The smallest absolute Gasteiger partial charge is 0.252 e. The highest BCUT2D eigenvalue weighted by Crippen LogP contribution is 2.15.